The normalized spacial score (nSPS) is 14.4. The Labute approximate surface area is 221 Å². The van der Waals surface area contributed by atoms with Gasteiger partial charge in [-0.3, -0.25) is 14.9 Å². The van der Waals surface area contributed by atoms with Crippen LogP contribution >= 0.6 is 0 Å². The fourth-order valence-electron chi connectivity index (χ4n) is 3.82. The lowest BCUT2D eigenvalue weighted by molar-refractivity contribution is -0.122. The number of anilines is 1. The van der Waals surface area contributed by atoms with Gasteiger partial charge in [-0.15, -0.1) is 0 Å². The van der Waals surface area contributed by atoms with E-state index in [9.17, 15) is 14.4 Å². The topological polar surface area (TPSA) is 94.2 Å². The smallest absolute Gasteiger partial charge is 0.335 e. The average molecular weight is 515 g/mol. The summed E-state index contributed by atoms with van der Waals surface area (Å²) in [6.45, 7) is 5.32. The zero-order valence-electron chi connectivity index (χ0n) is 21.4. The molecule has 0 aliphatic carbocycles. The minimum absolute atomic E-state index is 0.170. The third kappa shape index (κ3) is 6.39. The number of nitrogens with one attached hydrogen (secondary N) is 1. The fraction of sp³-hybridized carbons (Fsp3) is 0.233. The number of nitrogens with zero attached hydrogens (tertiary/aromatic N) is 1. The second kappa shape index (κ2) is 12.6. The fourth-order valence-corrected chi connectivity index (χ4v) is 3.82. The molecule has 1 aliphatic heterocycles. The number of ether oxygens (including phenoxy) is 3. The minimum Gasteiger partial charge on any atom is -0.490 e. The number of hydrogen-bond acceptors (Lipinski definition) is 6. The van der Waals surface area contributed by atoms with Gasteiger partial charge in [0.05, 0.1) is 18.9 Å². The van der Waals surface area contributed by atoms with Gasteiger partial charge in [-0.25, -0.2) is 9.69 Å². The van der Waals surface area contributed by atoms with Crippen LogP contribution in [0.3, 0.4) is 0 Å². The van der Waals surface area contributed by atoms with E-state index in [4.69, 9.17) is 14.2 Å². The molecular formula is C30H30N2O6. The first-order valence-corrected chi connectivity index (χ1v) is 12.6. The maximum atomic E-state index is 13.3. The Balaban J connectivity index is 1.53. The summed E-state index contributed by atoms with van der Waals surface area (Å²) in [5.41, 5.74) is 1.72. The van der Waals surface area contributed by atoms with Crippen molar-refractivity contribution in [2.45, 2.75) is 33.3 Å². The Kier molecular flexibility index (Phi) is 8.77. The largest absolute Gasteiger partial charge is 0.490 e. The quantitative estimate of drug-likeness (QED) is 0.206. The maximum Gasteiger partial charge on any atom is 0.335 e. The maximum absolute atomic E-state index is 13.3. The van der Waals surface area contributed by atoms with Crippen LogP contribution in [-0.2, 0) is 16.2 Å². The van der Waals surface area contributed by atoms with Crippen molar-refractivity contribution in [1.29, 1.82) is 0 Å². The second-order valence-electron chi connectivity index (χ2n) is 8.57. The molecule has 1 aliphatic rings. The molecule has 1 heterocycles. The van der Waals surface area contributed by atoms with Crippen molar-refractivity contribution in [3.8, 4) is 17.2 Å². The summed E-state index contributed by atoms with van der Waals surface area (Å²) in [6.07, 6.45) is 3.35. The van der Waals surface area contributed by atoms with Gasteiger partial charge in [0.2, 0.25) is 0 Å². The van der Waals surface area contributed by atoms with Gasteiger partial charge in [-0.1, -0.05) is 49.7 Å². The van der Waals surface area contributed by atoms with Gasteiger partial charge in [0.15, 0.2) is 11.5 Å². The van der Waals surface area contributed by atoms with Crippen LogP contribution < -0.4 is 24.4 Å². The van der Waals surface area contributed by atoms with E-state index in [0.717, 1.165) is 23.3 Å². The molecule has 0 spiro atoms. The van der Waals surface area contributed by atoms with E-state index in [2.05, 4.69) is 12.2 Å². The lowest BCUT2D eigenvalue weighted by atomic mass is 10.1. The molecule has 0 saturated carbocycles. The molecule has 1 fully saturated rings. The summed E-state index contributed by atoms with van der Waals surface area (Å²) < 4.78 is 17.3. The Morgan fingerprint density at radius 2 is 1.61 bits per heavy atom. The highest BCUT2D eigenvalue weighted by atomic mass is 16.5. The van der Waals surface area contributed by atoms with E-state index in [1.54, 1.807) is 42.5 Å². The molecule has 0 radical (unpaired) electrons. The Hall–Kier alpha value is -4.59. The van der Waals surface area contributed by atoms with Crippen molar-refractivity contribution in [2.24, 2.45) is 0 Å². The molecule has 4 rings (SSSR count). The van der Waals surface area contributed by atoms with Crippen LogP contribution in [0.2, 0.25) is 0 Å². The number of hydrogen-bond donors (Lipinski definition) is 1. The molecule has 0 bridgehead atoms. The molecule has 8 nitrogen and oxygen atoms in total. The first-order chi connectivity index (χ1) is 18.5. The van der Waals surface area contributed by atoms with Crippen LogP contribution in [-0.4, -0.2) is 31.1 Å². The zero-order valence-corrected chi connectivity index (χ0v) is 21.4. The van der Waals surface area contributed by atoms with Gasteiger partial charge >= 0.3 is 6.03 Å². The van der Waals surface area contributed by atoms with Gasteiger partial charge < -0.3 is 14.2 Å². The highest BCUT2D eigenvalue weighted by Crippen LogP contribution is 2.31. The first-order valence-electron chi connectivity index (χ1n) is 12.6. The van der Waals surface area contributed by atoms with Crippen LogP contribution in [0.5, 0.6) is 17.2 Å². The van der Waals surface area contributed by atoms with Crippen LogP contribution in [0.1, 0.15) is 37.8 Å². The summed E-state index contributed by atoms with van der Waals surface area (Å²) in [6, 6.07) is 20.6. The first kappa shape index (κ1) is 26.5. The SMILES string of the molecule is CCCCOc1ccc(/C=C2/C(=O)NC(=O)N(c3ccc(OCc4ccccc4)cc3)C2=O)cc1OCC. The summed E-state index contributed by atoms with van der Waals surface area (Å²) in [5, 5.41) is 2.25. The van der Waals surface area contributed by atoms with Crippen molar-refractivity contribution >= 4 is 29.6 Å². The molecule has 0 aromatic heterocycles. The summed E-state index contributed by atoms with van der Waals surface area (Å²) >= 11 is 0. The molecule has 0 atom stereocenters. The van der Waals surface area contributed by atoms with Crippen molar-refractivity contribution in [2.75, 3.05) is 18.1 Å². The predicted molar refractivity (Wildman–Crippen MR) is 144 cm³/mol. The predicted octanol–water partition coefficient (Wildman–Crippen LogP) is 5.51. The van der Waals surface area contributed by atoms with Gasteiger partial charge in [-0.05, 0) is 66.9 Å². The van der Waals surface area contributed by atoms with Crippen LogP contribution in [0.4, 0.5) is 10.5 Å². The number of carbonyl (C=O) groups is 3. The molecule has 196 valence electrons. The third-order valence-corrected chi connectivity index (χ3v) is 5.78. The van der Waals surface area contributed by atoms with E-state index >= 15 is 0 Å². The molecule has 1 saturated heterocycles. The van der Waals surface area contributed by atoms with Gasteiger partial charge in [0, 0.05) is 0 Å². The molecule has 1 N–H and O–H groups in total. The number of amides is 4. The number of benzene rings is 3. The van der Waals surface area contributed by atoms with Crippen molar-refractivity contribution in [3.05, 3.63) is 89.5 Å². The molecule has 0 unspecified atom stereocenters. The zero-order chi connectivity index (χ0) is 26.9. The summed E-state index contributed by atoms with van der Waals surface area (Å²) in [5.74, 6) is 0.200. The van der Waals surface area contributed by atoms with Crippen molar-refractivity contribution in [3.63, 3.8) is 0 Å². The molecule has 38 heavy (non-hydrogen) atoms. The Morgan fingerprint density at radius 1 is 0.842 bits per heavy atom. The van der Waals surface area contributed by atoms with Crippen LogP contribution in [0.15, 0.2) is 78.4 Å². The van der Waals surface area contributed by atoms with Crippen LogP contribution in [0.25, 0.3) is 6.08 Å². The highest BCUT2D eigenvalue weighted by molar-refractivity contribution is 6.39. The standard InChI is InChI=1S/C30H30N2O6/c1-3-5-17-37-26-16-11-22(19-27(26)36-4-2)18-25-28(33)31-30(35)32(29(25)34)23-12-14-24(15-13-23)38-20-21-9-7-6-8-10-21/h6-16,18-19H,3-5,17,20H2,1-2H3,(H,31,33,35)/b25-18-. The second-order valence-corrected chi connectivity index (χ2v) is 8.57. The minimum atomic E-state index is -0.815. The number of barbiturate groups is 1. The van der Waals surface area contributed by atoms with E-state index in [1.165, 1.54) is 6.08 Å². The lowest BCUT2D eigenvalue weighted by Crippen LogP contribution is -2.54. The third-order valence-electron chi connectivity index (χ3n) is 5.78. The van der Waals surface area contributed by atoms with E-state index in [-0.39, 0.29) is 5.57 Å². The number of imide groups is 2. The van der Waals surface area contributed by atoms with Crippen molar-refractivity contribution < 1.29 is 28.6 Å². The van der Waals surface area contributed by atoms with Crippen molar-refractivity contribution in [1.82, 2.24) is 5.32 Å². The van der Waals surface area contributed by atoms with Gasteiger partial charge in [-0.2, -0.15) is 0 Å². The van der Waals surface area contributed by atoms with E-state index < -0.39 is 17.8 Å². The average Bonchev–Trinajstić information content (AvgIpc) is 2.92. The number of rotatable bonds is 11. The molecule has 3 aromatic rings. The molecule has 8 heteroatoms. The molecule has 4 amide bonds. The van der Waals surface area contributed by atoms with Gasteiger partial charge in [0.1, 0.15) is 17.9 Å². The molecular weight excluding hydrogens is 484 g/mol. The Morgan fingerprint density at radius 3 is 2.32 bits per heavy atom. The summed E-state index contributed by atoms with van der Waals surface area (Å²) in [7, 11) is 0. The van der Waals surface area contributed by atoms with Crippen LogP contribution in [0, 0.1) is 0 Å². The Bertz CT molecular complexity index is 1320. The monoisotopic (exact) mass is 514 g/mol. The lowest BCUT2D eigenvalue weighted by Gasteiger charge is -2.26. The van der Waals surface area contributed by atoms with Gasteiger partial charge in [0.25, 0.3) is 11.8 Å². The van der Waals surface area contributed by atoms with E-state index in [1.807, 2.05) is 37.3 Å². The summed E-state index contributed by atoms with van der Waals surface area (Å²) in [4.78, 5) is 39.4. The highest BCUT2D eigenvalue weighted by Gasteiger charge is 2.36. The number of urea groups is 1. The van der Waals surface area contributed by atoms with E-state index in [0.29, 0.717) is 48.3 Å². The number of unbranched alkanes of at least 4 members (excludes halogenated alkanes) is 1. The molecule has 3 aromatic carbocycles. The number of carbonyl (C=O) groups excluding carboxylic acids is 3.